The van der Waals surface area contributed by atoms with E-state index in [1.165, 1.54) is 0 Å². The highest BCUT2D eigenvalue weighted by Gasteiger charge is 2.41. The van der Waals surface area contributed by atoms with E-state index in [-0.39, 0.29) is 17.1 Å². The molecule has 1 fully saturated rings. The molecule has 158 valence electrons. The Balaban J connectivity index is 1.85. The quantitative estimate of drug-likeness (QED) is 0.510. The van der Waals surface area contributed by atoms with E-state index in [1.54, 1.807) is 13.3 Å². The summed E-state index contributed by atoms with van der Waals surface area (Å²) in [6.07, 6.45) is 5.70. The molecule has 0 N–H and O–H groups in total. The summed E-state index contributed by atoms with van der Waals surface area (Å²) in [5, 5.41) is 0.698. The van der Waals surface area contributed by atoms with Gasteiger partial charge in [0.1, 0.15) is 11.4 Å². The smallest absolute Gasteiger partial charge is 0.167 e. The number of aromatic nitrogens is 3. The normalized spacial score (nSPS) is 18.3. The molecule has 0 atom stereocenters. The van der Waals surface area contributed by atoms with Crippen LogP contribution >= 0.6 is 11.6 Å². The van der Waals surface area contributed by atoms with E-state index in [2.05, 4.69) is 43.4 Å². The van der Waals surface area contributed by atoms with Gasteiger partial charge < -0.3 is 9.47 Å². The van der Waals surface area contributed by atoms with Gasteiger partial charge in [-0.05, 0) is 76.9 Å². The molecule has 1 saturated heterocycles. The molecule has 0 saturated carbocycles. The predicted octanol–water partition coefficient (Wildman–Crippen LogP) is 6.05. The van der Waals surface area contributed by atoms with Crippen molar-refractivity contribution in [3.8, 4) is 23.0 Å². The summed E-state index contributed by atoms with van der Waals surface area (Å²) < 4.78 is 13.9. The lowest BCUT2D eigenvalue weighted by Crippen LogP contribution is -2.44. The first-order valence-corrected chi connectivity index (χ1v) is 10.6. The van der Waals surface area contributed by atoms with Gasteiger partial charge in [0.2, 0.25) is 0 Å². The van der Waals surface area contributed by atoms with E-state index in [0.29, 0.717) is 16.5 Å². The first kappa shape index (κ1) is 20.9. The van der Waals surface area contributed by atoms with Crippen LogP contribution in [0.4, 0.5) is 0 Å². The number of pyridine rings is 1. The minimum atomic E-state index is -0.209. The minimum absolute atomic E-state index is 0.209. The van der Waals surface area contributed by atoms with E-state index in [9.17, 15) is 0 Å². The highest BCUT2D eigenvalue weighted by Crippen LogP contribution is 2.44. The van der Waals surface area contributed by atoms with Crippen molar-refractivity contribution in [2.45, 2.75) is 57.7 Å². The second kappa shape index (κ2) is 7.71. The highest BCUT2D eigenvalue weighted by atomic mass is 35.5. The zero-order chi connectivity index (χ0) is 21.5. The summed E-state index contributed by atoms with van der Waals surface area (Å²) in [6, 6.07) is 11.5. The van der Waals surface area contributed by atoms with Crippen molar-refractivity contribution in [3.63, 3.8) is 0 Å². The van der Waals surface area contributed by atoms with E-state index < -0.39 is 0 Å². The number of imidazole rings is 1. The van der Waals surface area contributed by atoms with Crippen LogP contribution in [0, 0.1) is 0 Å². The van der Waals surface area contributed by atoms with Crippen LogP contribution in [-0.2, 0) is 4.74 Å². The zero-order valence-electron chi connectivity index (χ0n) is 18.1. The van der Waals surface area contributed by atoms with E-state index in [0.717, 1.165) is 30.0 Å². The van der Waals surface area contributed by atoms with Gasteiger partial charge in [0.05, 0.1) is 24.0 Å². The van der Waals surface area contributed by atoms with Gasteiger partial charge in [-0.25, -0.2) is 9.97 Å². The first-order valence-electron chi connectivity index (χ1n) is 10.2. The van der Waals surface area contributed by atoms with Gasteiger partial charge in [0.25, 0.3) is 0 Å². The SMILES string of the molecule is COc1cccnc1-c1nc(C2CC(C)(C)OC(C)(C)C2)cn1-c1ccc(Cl)cc1. The second-order valence-corrected chi connectivity index (χ2v) is 9.55. The molecular formula is C24H28ClN3O2. The summed E-state index contributed by atoms with van der Waals surface area (Å²) in [5.74, 6) is 1.73. The molecule has 6 heteroatoms. The van der Waals surface area contributed by atoms with Crippen LogP contribution in [-0.4, -0.2) is 32.8 Å². The van der Waals surface area contributed by atoms with Crippen LogP contribution in [0.3, 0.4) is 0 Å². The number of hydrogen-bond donors (Lipinski definition) is 0. The van der Waals surface area contributed by atoms with E-state index in [1.807, 2.05) is 36.4 Å². The number of hydrogen-bond acceptors (Lipinski definition) is 4. The van der Waals surface area contributed by atoms with Crippen molar-refractivity contribution in [1.29, 1.82) is 0 Å². The maximum absolute atomic E-state index is 6.29. The van der Waals surface area contributed by atoms with Crippen molar-refractivity contribution < 1.29 is 9.47 Å². The Bertz CT molecular complexity index is 1020. The maximum atomic E-state index is 6.29. The molecule has 1 aliphatic rings. The number of halogens is 1. The van der Waals surface area contributed by atoms with Gasteiger partial charge in [0, 0.05) is 29.0 Å². The lowest BCUT2D eigenvalue weighted by molar-refractivity contribution is -0.162. The predicted molar refractivity (Wildman–Crippen MR) is 120 cm³/mol. The minimum Gasteiger partial charge on any atom is -0.494 e. The van der Waals surface area contributed by atoms with Crippen molar-refractivity contribution >= 4 is 11.6 Å². The fourth-order valence-electron chi connectivity index (χ4n) is 4.58. The van der Waals surface area contributed by atoms with Crippen LogP contribution in [0.25, 0.3) is 17.2 Å². The molecule has 2 aromatic heterocycles. The Morgan fingerprint density at radius 2 is 1.73 bits per heavy atom. The Hall–Kier alpha value is -2.37. The molecule has 1 aromatic carbocycles. The van der Waals surface area contributed by atoms with Crippen molar-refractivity contribution in [2.75, 3.05) is 7.11 Å². The van der Waals surface area contributed by atoms with Gasteiger partial charge in [-0.1, -0.05) is 11.6 Å². The average molecular weight is 426 g/mol. The molecule has 0 unspecified atom stereocenters. The van der Waals surface area contributed by atoms with Crippen LogP contribution in [0.5, 0.6) is 5.75 Å². The van der Waals surface area contributed by atoms with Crippen molar-refractivity contribution in [1.82, 2.24) is 14.5 Å². The Kier molecular flexibility index (Phi) is 5.37. The number of methoxy groups -OCH3 is 1. The molecule has 5 nitrogen and oxygen atoms in total. The summed E-state index contributed by atoms with van der Waals surface area (Å²) in [7, 11) is 1.65. The topological polar surface area (TPSA) is 49.2 Å². The maximum Gasteiger partial charge on any atom is 0.167 e. The largest absolute Gasteiger partial charge is 0.494 e. The van der Waals surface area contributed by atoms with Gasteiger partial charge in [-0.2, -0.15) is 0 Å². The van der Waals surface area contributed by atoms with Crippen LogP contribution in [0.1, 0.15) is 52.1 Å². The number of benzene rings is 1. The van der Waals surface area contributed by atoms with Crippen LogP contribution in [0.2, 0.25) is 5.02 Å². The Labute approximate surface area is 183 Å². The number of ether oxygens (including phenoxy) is 2. The van der Waals surface area contributed by atoms with E-state index >= 15 is 0 Å². The van der Waals surface area contributed by atoms with Gasteiger partial charge in [-0.3, -0.25) is 4.57 Å². The van der Waals surface area contributed by atoms with Gasteiger partial charge >= 0.3 is 0 Å². The molecular weight excluding hydrogens is 398 g/mol. The van der Waals surface area contributed by atoms with Crippen molar-refractivity contribution in [2.24, 2.45) is 0 Å². The molecule has 30 heavy (non-hydrogen) atoms. The monoisotopic (exact) mass is 425 g/mol. The molecule has 0 bridgehead atoms. The number of nitrogens with zero attached hydrogens (tertiary/aromatic N) is 3. The molecule has 0 spiro atoms. The summed E-state index contributed by atoms with van der Waals surface area (Å²) in [4.78, 5) is 9.65. The third kappa shape index (κ3) is 4.23. The fourth-order valence-corrected chi connectivity index (χ4v) is 4.71. The van der Waals surface area contributed by atoms with E-state index in [4.69, 9.17) is 26.1 Å². The molecule has 4 rings (SSSR count). The molecule has 0 radical (unpaired) electrons. The molecule has 1 aliphatic heterocycles. The van der Waals surface area contributed by atoms with Gasteiger partial charge in [-0.15, -0.1) is 0 Å². The third-order valence-corrected chi connectivity index (χ3v) is 5.73. The molecule has 0 aliphatic carbocycles. The zero-order valence-corrected chi connectivity index (χ0v) is 18.9. The highest BCUT2D eigenvalue weighted by molar-refractivity contribution is 6.30. The molecule has 3 aromatic rings. The summed E-state index contributed by atoms with van der Waals surface area (Å²) in [6.45, 7) is 8.61. The Morgan fingerprint density at radius 3 is 2.37 bits per heavy atom. The van der Waals surface area contributed by atoms with Crippen LogP contribution < -0.4 is 4.74 Å². The van der Waals surface area contributed by atoms with Gasteiger partial charge in [0.15, 0.2) is 5.82 Å². The average Bonchev–Trinajstić information content (AvgIpc) is 3.11. The fraction of sp³-hybridized carbons (Fsp3) is 0.417. The lowest BCUT2D eigenvalue weighted by atomic mass is 9.79. The third-order valence-electron chi connectivity index (χ3n) is 5.48. The van der Waals surface area contributed by atoms with Crippen LogP contribution in [0.15, 0.2) is 48.8 Å². The standard InChI is InChI=1S/C24H28ClN3O2/c1-23(2)13-16(14-24(3,4)30-23)19-15-28(18-10-8-17(25)9-11-18)22(27-19)21-20(29-5)7-6-12-26-21/h6-12,15-16H,13-14H2,1-5H3. The molecule has 0 amide bonds. The second-order valence-electron chi connectivity index (χ2n) is 9.12. The van der Waals surface area contributed by atoms with Crippen molar-refractivity contribution in [3.05, 3.63) is 59.5 Å². The Morgan fingerprint density at radius 1 is 1.07 bits per heavy atom. The first-order chi connectivity index (χ1) is 14.2. The number of rotatable bonds is 4. The summed E-state index contributed by atoms with van der Waals surface area (Å²) >= 11 is 6.12. The summed E-state index contributed by atoms with van der Waals surface area (Å²) in [5.41, 5.74) is 2.31. The molecule has 3 heterocycles. The lowest BCUT2D eigenvalue weighted by Gasteiger charge is -2.45.